The molecule has 32 heavy (non-hydrogen) atoms. The average molecular weight is 478 g/mol. The van der Waals surface area contributed by atoms with E-state index in [-0.39, 0.29) is 37.7 Å². The number of nitrogens with zero attached hydrogens (tertiary/aromatic N) is 3. The van der Waals surface area contributed by atoms with E-state index in [1.165, 1.54) is 51.6 Å². The molecule has 1 fully saturated rings. The second-order valence-electron chi connectivity index (χ2n) is 6.66. The van der Waals surface area contributed by atoms with Gasteiger partial charge >= 0.3 is 0 Å². The van der Waals surface area contributed by atoms with Gasteiger partial charge in [-0.25, -0.2) is 0 Å². The number of sulfonamides is 1. The second kappa shape index (κ2) is 9.01. The molecule has 1 heterocycles. The topological polar surface area (TPSA) is 128 Å². The number of thioether (sulfide) groups is 1. The molecule has 168 valence electrons. The molecule has 0 unspecified atom stereocenters. The Hall–Kier alpha value is -3.38. The Morgan fingerprint density at radius 3 is 2.28 bits per heavy atom. The van der Waals surface area contributed by atoms with Gasteiger partial charge in [0, 0.05) is 7.05 Å². The quantitative estimate of drug-likeness (QED) is 0.352. The highest BCUT2D eigenvalue weighted by molar-refractivity contribution is 8.19. The molecule has 0 saturated carbocycles. The summed E-state index contributed by atoms with van der Waals surface area (Å²) in [7, 11) is 0.0535. The Balaban J connectivity index is 2.03. The van der Waals surface area contributed by atoms with Crippen LogP contribution in [-0.4, -0.2) is 50.6 Å². The first kappa shape index (κ1) is 23.3. The molecule has 0 N–H and O–H groups in total. The van der Waals surface area contributed by atoms with Gasteiger partial charge in [-0.3, -0.25) is 19.8 Å². The third kappa shape index (κ3) is 4.60. The van der Waals surface area contributed by atoms with Gasteiger partial charge in [-0.2, -0.15) is 8.42 Å². The minimum absolute atomic E-state index is 0.00925. The van der Waals surface area contributed by atoms with Crippen LogP contribution in [-0.2, 0) is 14.8 Å². The minimum Gasteiger partial charge on any atom is -0.493 e. The number of hydrogen-bond donors (Lipinski definition) is 0. The molecule has 2 aromatic rings. The van der Waals surface area contributed by atoms with E-state index in [2.05, 4.69) is 4.40 Å². The number of carbonyl (C=O) groups excluding carboxylic acids is 1. The number of amidine groups is 1. The lowest BCUT2D eigenvalue weighted by Crippen LogP contribution is -2.24. The molecular formula is C20H19N3O7S2. The maximum Gasteiger partial charge on any atom is 0.284 e. The highest BCUT2D eigenvalue weighted by Gasteiger charge is 2.33. The van der Waals surface area contributed by atoms with Crippen molar-refractivity contribution in [2.24, 2.45) is 4.40 Å². The molecule has 3 rings (SSSR count). The van der Waals surface area contributed by atoms with Crippen molar-refractivity contribution in [2.75, 3.05) is 21.3 Å². The van der Waals surface area contributed by atoms with E-state index in [0.29, 0.717) is 0 Å². The van der Waals surface area contributed by atoms with E-state index in [1.54, 1.807) is 12.1 Å². The van der Waals surface area contributed by atoms with Gasteiger partial charge in [-0.15, -0.1) is 4.40 Å². The zero-order chi connectivity index (χ0) is 23.6. The van der Waals surface area contributed by atoms with Crippen molar-refractivity contribution < 1.29 is 27.6 Å². The van der Waals surface area contributed by atoms with Gasteiger partial charge in [0.15, 0.2) is 16.7 Å². The molecule has 1 aliphatic heterocycles. The van der Waals surface area contributed by atoms with Crippen LogP contribution in [0.4, 0.5) is 5.69 Å². The second-order valence-corrected chi connectivity index (χ2v) is 9.27. The molecule has 1 aliphatic rings. The average Bonchev–Trinajstić information content (AvgIpc) is 3.00. The lowest BCUT2D eigenvalue weighted by atomic mass is 10.1. The Kier molecular flexibility index (Phi) is 6.55. The van der Waals surface area contributed by atoms with Gasteiger partial charge in [0.05, 0.1) is 40.6 Å². The summed E-state index contributed by atoms with van der Waals surface area (Å²) < 4.78 is 39.3. The number of nitro benzene ring substituents is 1. The first-order valence-corrected chi connectivity index (χ1v) is 11.3. The lowest BCUT2D eigenvalue weighted by molar-refractivity contribution is -0.385. The largest absolute Gasteiger partial charge is 0.493 e. The first-order valence-electron chi connectivity index (χ1n) is 9.07. The number of rotatable bonds is 6. The number of amides is 1. The standard InChI is InChI=1S/C20H19N3O7S2/c1-12-5-7-14(8-6-12)32(27,28)21-20-22(2)19(24)18(31-20)10-13-9-16(29-3)17(30-4)11-15(13)23(25)26/h5-11H,1-4H3/b18-10-,21-20?. The van der Waals surface area contributed by atoms with E-state index >= 15 is 0 Å². The number of aryl methyl sites for hydroxylation is 1. The van der Waals surface area contributed by atoms with Crippen molar-refractivity contribution >= 4 is 44.6 Å². The fourth-order valence-corrected chi connectivity index (χ4v) is 4.98. The maximum absolute atomic E-state index is 12.7. The molecule has 0 bridgehead atoms. The predicted molar refractivity (Wildman–Crippen MR) is 120 cm³/mol. The van der Waals surface area contributed by atoms with Gasteiger partial charge in [-0.05, 0) is 43.0 Å². The number of methoxy groups -OCH3 is 2. The molecule has 0 spiro atoms. The van der Waals surface area contributed by atoms with Crippen molar-refractivity contribution in [1.82, 2.24) is 4.90 Å². The van der Waals surface area contributed by atoms with Crippen LogP contribution < -0.4 is 9.47 Å². The van der Waals surface area contributed by atoms with E-state index in [4.69, 9.17) is 9.47 Å². The molecule has 0 atom stereocenters. The summed E-state index contributed by atoms with van der Waals surface area (Å²) >= 11 is 0.804. The Morgan fingerprint density at radius 1 is 1.12 bits per heavy atom. The van der Waals surface area contributed by atoms with Crippen LogP contribution in [0.1, 0.15) is 11.1 Å². The summed E-state index contributed by atoms with van der Waals surface area (Å²) in [6.07, 6.45) is 1.30. The van der Waals surface area contributed by atoms with Gasteiger partial charge in [0.1, 0.15) is 0 Å². The molecule has 0 aliphatic carbocycles. The summed E-state index contributed by atoms with van der Waals surface area (Å²) in [6.45, 7) is 1.83. The summed E-state index contributed by atoms with van der Waals surface area (Å²) in [4.78, 5) is 24.7. The van der Waals surface area contributed by atoms with Crippen molar-refractivity contribution in [3.8, 4) is 11.5 Å². The highest BCUT2D eigenvalue weighted by atomic mass is 32.2. The van der Waals surface area contributed by atoms with Crippen LogP contribution in [0.25, 0.3) is 6.08 Å². The zero-order valence-electron chi connectivity index (χ0n) is 17.6. The fourth-order valence-electron chi connectivity index (χ4n) is 2.80. The molecule has 0 radical (unpaired) electrons. The summed E-state index contributed by atoms with van der Waals surface area (Å²) in [5, 5.41) is 11.5. The SMILES string of the molecule is COc1cc(/C=C2\SC(=NS(=O)(=O)c3ccc(C)cc3)N(C)C2=O)c([N+](=O)[O-])cc1OC. The Morgan fingerprint density at radius 2 is 1.72 bits per heavy atom. The van der Waals surface area contributed by atoms with Crippen LogP contribution >= 0.6 is 11.8 Å². The number of nitro groups is 1. The van der Waals surface area contributed by atoms with E-state index < -0.39 is 20.9 Å². The predicted octanol–water partition coefficient (Wildman–Crippen LogP) is 3.21. The van der Waals surface area contributed by atoms with Crippen LogP contribution in [0.5, 0.6) is 11.5 Å². The minimum atomic E-state index is -4.05. The van der Waals surface area contributed by atoms with E-state index in [9.17, 15) is 23.3 Å². The van der Waals surface area contributed by atoms with Crippen LogP contribution in [0.15, 0.2) is 50.6 Å². The van der Waals surface area contributed by atoms with E-state index in [0.717, 1.165) is 22.2 Å². The molecule has 1 saturated heterocycles. The van der Waals surface area contributed by atoms with Gasteiger partial charge in [-0.1, -0.05) is 17.7 Å². The molecule has 10 nitrogen and oxygen atoms in total. The van der Waals surface area contributed by atoms with Crippen LogP contribution in [0.3, 0.4) is 0 Å². The highest BCUT2D eigenvalue weighted by Crippen LogP contribution is 2.38. The molecule has 0 aromatic heterocycles. The summed E-state index contributed by atoms with van der Waals surface area (Å²) in [6, 6.07) is 8.71. The molecule has 2 aromatic carbocycles. The van der Waals surface area contributed by atoms with Crippen molar-refractivity contribution in [3.63, 3.8) is 0 Å². The van der Waals surface area contributed by atoms with Crippen LogP contribution in [0.2, 0.25) is 0 Å². The van der Waals surface area contributed by atoms with Gasteiger partial charge < -0.3 is 9.47 Å². The maximum atomic E-state index is 12.7. The number of likely N-dealkylation sites (N-methyl/N-ethyl adjacent to an activating group) is 1. The fraction of sp³-hybridized carbons (Fsp3) is 0.200. The molecule has 12 heteroatoms. The first-order chi connectivity index (χ1) is 15.1. The summed E-state index contributed by atoms with van der Waals surface area (Å²) in [5.41, 5.74) is 0.685. The third-order valence-electron chi connectivity index (χ3n) is 4.54. The normalized spacial score (nSPS) is 16.6. The number of ether oxygens (including phenoxy) is 2. The van der Waals surface area contributed by atoms with Crippen molar-refractivity contribution in [1.29, 1.82) is 0 Å². The van der Waals surface area contributed by atoms with Gasteiger partial charge in [0.2, 0.25) is 0 Å². The molecular weight excluding hydrogens is 458 g/mol. The van der Waals surface area contributed by atoms with Crippen molar-refractivity contribution in [2.45, 2.75) is 11.8 Å². The smallest absolute Gasteiger partial charge is 0.284 e. The monoisotopic (exact) mass is 477 g/mol. The summed E-state index contributed by atoms with van der Waals surface area (Å²) in [5.74, 6) is -0.142. The third-order valence-corrected chi connectivity index (χ3v) is 6.99. The Bertz CT molecular complexity index is 1250. The van der Waals surface area contributed by atoms with E-state index in [1.807, 2.05) is 6.92 Å². The number of benzene rings is 2. The lowest BCUT2D eigenvalue weighted by Gasteiger charge is -2.09. The number of hydrogen-bond acceptors (Lipinski definition) is 8. The molecule has 1 amide bonds. The Labute approximate surface area is 188 Å². The van der Waals surface area contributed by atoms with Crippen molar-refractivity contribution in [3.05, 3.63) is 62.5 Å². The van der Waals surface area contributed by atoms with Gasteiger partial charge in [0.25, 0.3) is 21.6 Å². The van der Waals surface area contributed by atoms with Crippen LogP contribution in [0, 0.1) is 17.0 Å². The zero-order valence-corrected chi connectivity index (χ0v) is 19.2. The number of carbonyl (C=O) groups is 1.